The Morgan fingerprint density at radius 2 is 2.15 bits per heavy atom. The Hall–Kier alpha value is -1.54. The summed E-state index contributed by atoms with van der Waals surface area (Å²) in [4.78, 5) is 14.1. The number of carbonyl (C=O) groups is 1. The maximum absolute atomic E-state index is 12.6. The number of nitrogens with one attached hydrogen (secondary N) is 1. The molecule has 1 fully saturated rings. The minimum Gasteiger partial charge on any atom is -0.478 e. The summed E-state index contributed by atoms with van der Waals surface area (Å²) in [5, 5.41) is 11.8. The van der Waals surface area contributed by atoms with Crippen molar-refractivity contribution < 1.29 is 27.8 Å². The fourth-order valence-electron chi connectivity index (χ4n) is 1.73. The van der Waals surface area contributed by atoms with Crippen molar-refractivity contribution in [3.8, 4) is 5.88 Å². The number of carboxylic acid groups (broad SMARTS) is 1. The van der Waals surface area contributed by atoms with Crippen LogP contribution >= 0.6 is 12.4 Å². The maximum atomic E-state index is 12.6. The van der Waals surface area contributed by atoms with Gasteiger partial charge in [-0.25, -0.2) is 9.78 Å². The molecule has 2 rings (SSSR count). The quantitative estimate of drug-likeness (QED) is 0.893. The number of aromatic carboxylic acids is 1. The number of halogens is 4. The van der Waals surface area contributed by atoms with Crippen molar-refractivity contribution in [2.24, 2.45) is 0 Å². The molecule has 9 heteroatoms. The van der Waals surface area contributed by atoms with Crippen molar-refractivity contribution in [1.82, 2.24) is 10.3 Å². The molecule has 2 N–H and O–H groups in total. The molecule has 20 heavy (non-hydrogen) atoms. The molecule has 1 saturated heterocycles. The fraction of sp³-hybridized carbons (Fsp3) is 0.455. The van der Waals surface area contributed by atoms with E-state index in [1.807, 2.05) is 0 Å². The van der Waals surface area contributed by atoms with Crippen LogP contribution in [-0.2, 0) is 6.18 Å². The molecule has 1 aromatic heterocycles. The Labute approximate surface area is 118 Å². The molecule has 0 amide bonds. The van der Waals surface area contributed by atoms with Gasteiger partial charge in [0, 0.05) is 12.6 Å². The van der Waals surface area contributed by atoms with Gasteiger partial charge in [-0.15, -0.1) is 12.4 Å². The first-order valence-electron chi connectivity index (χ1n) is 5.56. The molecule has 0 saturated carbocycles. The van der Waals surface area contributed by atoms with Crippen LogP contribution in [0.5, 0.6) is 5.88 Å². The number of hydrogen-bond acceptors (Lipinski definition) is 4. The minimum absolute atomic E-state index is 0. The molecule has 2 heterocycles. The van der Waals surface area contributed by atoms with E-state index in [1.165, 1.54) is 0 Å². The van der Waals surface area contributed by atoms with Gasteiger partial charge in [-0.3, -0.25) is 0 Å². The third-order valence-corrected chi connectivity index (χ3v) is 2.64. The number of nitrogens with zero attached hydrogens (tertiary/aromatic N) is 1. The van der Waals surface area contributed by atoms with Crippen molar-refractivity contribution in [1.29, 1.82) is 0 Å². The highest BCUT2D eigenvalue weighted by Crippen LogP contribution is 2.30. The Morgan fingerprint density at radius 3 is 2.65 bits per heavy atom. The number of carboxylic acids is 1. The van der Waals surface area contributed by atoms with Crippen molar-refractivity contribution in [3.63, 3.8) is 0 Å². The maximum Gasteiger partial charge on any atom is 0.433 e. The molecule has 1 atom stereocenters. The van der Waals surface area contributed by atoms with Gasteiger partial charge in [0.2, 0.25) is 5.88 Å². The van der Waals surface area contributed by atoms with Gasteiger partial charge in [0.1, 0.15) is 11.8 Å². The van der Waals surface area contributed by atoms with Crippen LogP contribution in [0.15, 0.2) is 12.1 Å². The Balaban J connectivity index is 0.00000200. The fourth-order valence-corrected chi connectivity index (χ4v) is 1.73. The molecule has 1 aliphatic heterocycles. The lowest BCUT2D eigenvalue weighted by atomic mass is 10.2. The smallest absolute Gasteiger partial charge is 0.433 e. The summed E-state index contributed by atoms with van der Waals surface area (Å²) in [6, 6.07) is 1.48. The summed E-state index contributed by atoms with van der Waals surface area (Å²) < 4.78 is 43.1. The van der Waals surface area contributed by atoms with Crippen LogP contribution in [0.25, 0.3) is 0 Å². The first-order valence-corrected chi connectivity index (χ1v) is 5.56. The van der Waals surface area contributed by atoms with Crippen molar-refractivity contribution in [3.05, 3.63) is 23.4 Å². The summed E-state index contributed by atoms with van der Waals surface area (Å²) in [5.41, 5.74) is -1.77. The topological polar surface area (TPSA) is 71.5 Å². The lowest BCUT2D eigenvalue weighted by molar-refractivity contribution is -0.141. The largest absolute Gasteiger partial charge is 0.478 e. The molecular weight excluding hydrogens is 301 g/mol. The van der Waals surface area contributed by atoms with Gasteiger partial charge in [-0.2, -0.15) is 13.2 Å². The molecule has 1 unspecified atom stereocenters. The number of hydrogen-bond donors (Lipinski definition) is 2. The van der Waals surface area contributed by atoms with Gasteiger partial charge < -0.3 is 15.2 Å². The van der Waals surface area contributed by atoms with Crippen molar-refractivity contribution in [2.75, 3.05) is 13.1 Å². The van der Waals surface area contributed by atoms with Gasteiger partial charge >= 0.3 is 12.1 Å². The SMILES string of the molecule is Cl.O=C(O)c1cc(OC2CCNC2)nc(C(F)(F)F)c1. The number of alkyl halides is 3. The van der Waals surface area contributed by atoms with Gasteiger partial charge in [0.15, 0.2) is 0 Å². The third-order valence-electron chi connectivity index (χ3n) is 2.64. The van der Waals surface area contributed by atoms with Crippen molar-refractivity contribution >= 4 is 18.4 Å². The number of pyridine rings is 1. The monoisotopic (exact) mass is 312 g/mol. The van der Waals surface area contributed by atoms with E-state index in [9.17, 15) is 18.0 Å². The van der Waals surface area contributed by atoms with Crippen LogP contribution in [0.1, 0.15) is 22.5 Å². The lowest BCUT2D eigenvalue weighted by Crippen LogP contribution is -2.21. The molecular formula is C11H12ClF3N2O3. The molecule has 0 aliphatic carbocycles. The van der Waals surface area contributed by atoms with E-state index in [0.29, 0.717) is 25.6 Å². The number of aromatic nitrogens is 1. The van der Waals surface area contributed by atoms with E-state index in [2.05, 4.69) is 10.3 Å². The molecule has 0 radical (unpaired) electrons. The Morgan fingerprint density at radius 1 is 1.45 bits per heavy atom. The second-order valence-corrected chi connectivity index (χ2v) is 4.11. The second kappa shape index (κ2) is 6.27. The summed E-state index contributed by atoms with van der Waals surface area (Å²) in [5.74, 6) is -1.77. The summed E-state index contributed by atoms with van der Waals surface area (Å²) in [6.07, 6.45) is -4.37. The van der Waals surface area contributed by atoms with Crippen LogP contribution in [-0.4, -0.2) is 35.3 Å². The van der Waals surface area contributed by atoms with Crippen LogP contribution < -0.4 is 10.1 Å². The minimum atomic E-state index is -4.71. The molecule has 1 aromatic rings. The van der Waals surface area contributed by atoms with Crippen LogP contribution in [0.3, 0.4) is 0 Å². The predicted octanol–water partition coefficient (Wildman–Crippen LogP) is 1.96. The Bertz CT molecular complexity index is 490. The first kappa shape index (κ1) is 16.5. The van der Waals surface area contributed by atoms with E-state index >= 15 is 0 Å². The van der Waals surface area contributed by atoms with Gasteiger partial charge in [-0.1, -0.05) is 0 Å². The molecule has 0 spiro atoms. The average molecular weight is 313 g/mol. The van der Waals surface area contributed by atoms with Crippen LogP contribution in [0.2, 0.25) is 0 Å². The molecule has 0 aromatic carbocycles. The van der Waals surface area contributed by atoms with E-state index in [-0.39, 0.29) is 24.4 Å². The Kier molecular flexibility index (Phi) is 5.18. The van der Waals surface area contributed by atoms with Crippen LogP contribution in [0, 0.1) is 0 Å². The van der Waals surface area contributed by atoms with Gasteiger partial charge in [-0.05, 0) is 19.0 Å². The number of rotatable bonds is 3. The summed E-state index contributed by atoms with van der Waals surface area (Å²) >= 11 is 0. The normalized spacial score (nSPS) is 18.4. The lowest BCUT2D eigenvalue weighted by Gasteiger charge is -2.14. The number of ether oxygens (including phenoxy) is 1. The summed E-state index contributed by atoms with van der Waals surface area (Å²) in [7, 11) is 0. The zero-order valence-electron chi connectivity index (χ0n) is 10.1. The third kappa shape index (κ3) is 3.97. The van der Waals surface area contributed by atoms with E-state index in [4.69, 9.17) is 9.84 Å². The van der Waals surface area contributed by atoms with E-state index < -0.39 is 23.4 Å². The molecule has 1 aliphatic rings. The van der Waals surface area contributed by atoms with E-state index in [0.717, 1.165) is 6.07 Å². The highest BCUT2D eigenvalue weighted by Gasteiger charge is 2.34. The molecule has 112 valence electrons. The zero-order valence-corrected chi connectivity index (χ0v) is 10.9. The van der Waals surface area contributed by atoms with Gasteiger partial charge in [0.05, 0.1) is 5.56 Å². The highest BCUT2D eigenvalue weighted by molar-refractivity contribution is 5.88. The zero-order chi connectivity index (χ0) is 14.0. The van der Waals surface area contributed by atoms with Crippen molar-refractivity contribution in [2.45, 2.75) is 18.7 Å². The van der Waals surface area contributed by atoms with Crippen LogP contribution in [0.4, 0.5) is 13.2 Å². The first-order chi connectivity index (χ1) is 8.86. The molecule has 5 nitrogen and oxygen atoms in total. The highest BCUT2D eigenvalue weighted by atomic mass is 35.5. The average Bonchev–Trinajstić information content (AvgIpc) is 2.80. The second-order valence-electron chi connectivity index (χ2n) is 4.11. The predicted molar refractivity (Wildman–Crippen MR) is 65.3 cm³/mol. The summed E-state index contributed by atoms with van der Waals surface area (Å²) in [6.45, 7) is 1.20. The van der Waals surface area contributed by atoms with E-state index in [1.54, 1.807) is 0 Å². The standard InChI is InChI=1S/C11H11F3N2O3.ClH/c12-11(13,14)8-3-6(10(17)18)4-9(16-8)19-7-1-2-15-5-7;/h3-4,7,15H,1-2,5H2,(H,17,18);1H. The van der Waals surface area contributed by atoms with Gasteiger partial charge in [0.25, 0.3) is 0 Å². The molecule has 0 bridgehead atoms.